The van der Waals surface area contributed by atoms with E-state index in [1.165, 1.54) is 64.6 Å². The number of nitrogens with zero attached hydrogens (tertiary/aromatic N) is 3. The summed E-state index contributed by atoms with van der Waals surface area (Å²) in [6.45, 7) is 0. The first-order valence-electron chi connectivity index (χ1n) is 22.1. The van der Waals surface area contributed by atoms with Gasteiger partial charge in [-0.1, -0.05) is 182 Å². The lowest BCUT2D eigenvalue weighted by Crippen LogP contribution is -2.01. The molecule has 0 radical (unpaired) electrons. The summed E-state index contributed by atoms with van der Waals surface area (Å²) < 4.78 is 6.50. The number of aromatic nitrogens is 3. The Morgan fingerprint density at radius 1 is 0.262 bits per heavy atom. The van der Waals surface area contributed by atoms with E-state index in [0.29, 0.717) is 17.5 Å². The van der Waals surface area contributed by atoms with Gasteiger partial charge in [-0.25, -0.2) is 15.0 Å². The van der Waals surface area contributed by atoms with Crippen molar-refractivity contribution in [1.29, 1.82) is 0 Å². The molecule has 4 nitrogen and oxygen atoms in total. The number of rotatable bonds is 5. The molecular formula is C61H35N3O. The van der Waals surface area contributed by atoms with Gasteiger partial charge in [0, 0.05) is 21.9 Å². The maximum absolute atomic E-state index is 6.50. The first-order chi connectivity index (χ1) is 32.2. The lowest BCUT2D eigenvalue weighted by molar-refractivity contribution is 0.669. The second-order valence-corrected chi connectivity index (χ2v) is 17.0. The van der Waals surface area contributed by atoms with Crippen LogP contribution in [0.5, 0.6) is 0 Å². The maximum Gasteiger partial charge on any atom is 0.167 e. The molecule has 4 heteroatoms. The van der Waals surface area contributed by atoms with Gasteiger partial charge >= 0.3 is 0 Å². The first kappa shape index (κ1) is 35.8. The molecule has 12 aromatic carbocycles. The molecule has 0 saturated heterocycles. The molecule has 2 heterocycles. The summed E-state index contributed by atoms with van der Waals surface area (Å²) in [5, 5.41) is 17.3. The van der Waals surface area contributed by atoms with Crippen LogP contribution in [0, 0.1) is 0 Å². The Morgan fingerprint density at radius 2 is 0.754 bits per heavy atom. The quantitative estimate of drug-likeness (QED) is 0.162. The summed E-state index contributed by atoms with van der Waals surface area (Å²) in [5.74, 6) is 1.75. The van der Waals surface area contributed by atoms with E-state index in [-0.39, 0.29) is 0 Å². The number of fused-ring (bicyclic) bond motifs is 5. The Labute approximate surface area is 373 Å². The van der Waals surface area contributed by atoms with Gasteiger partial charge < -0.3 is 4.42 Å². The van der Waals surface area contributed by atoms with E-state index in [0.717, 1.165) is 60.9 Å². The fourth-order valence-electron chi connectivity index (χ4n) is 10.5. The highest BCUT2D eigenvalue weighted by Gasteiger charge is 2.21. The molecule has 0 saturated carbocycles. The lowest BCUT2D eigenvalue weighted by Gasteiger charge is -2.17. The van der Waals surface area contributed by atoms with Crippen LogP contribution in [0.25, 0.3) is 143 Å². The molecule has 300 valence electrons. The first-order valence-corrected chi connectivity index (χ1v) is 22.1. The zero-order chi connectivity index (χ0) is 42.6. The highest BCUT2D eigenvalue weighted by atomic mass is 16.3. The highest BCUT2D eigenvalue weighted by Crippen LogP contribution is 2.45. The van der Waals surface area contributed by atoms with Crippen molar-refractivity contribution < 1.29 is 4.42 Å². The van der Waals surface area contributed by atoms with Gasteiger partial charge in [-0.05, 0) is 117 Å². The average Bonchev–Trinajstić information content (AvgIpc) is 3.76. The zero-order valence-electron chi connectivity index (χ0n) is 35.0. The van der Waals surface area contributed by atoms with Gasteiger partial charge in [0.15, 0.2) is 17.5 Å². The molecule has 0 spiro atoms. The fourth-order valence-corrected chi connectivity index (χ4v) is 10.5. The van der Waals surface area contributed by atoms with Crippen molar-refractivity contribution in [3.8, 4) is 56.4 Å². The second kappa shape index (κ2) is 13.9. The molecule has 0 fully saturated rings. The number of hydrogen-bond donors (Lipinski definition) is 0. The lowest BCUT2D eigenvalue weighted by atomic mass is 9.86. The molecule has 0 aliphatic heterocycles. The number of benzene rings is 11. The molecule has 0 atom stereocenters. The Balaban J connectivity index is 0.979. The van der Waals surface area contributed by atoms with Crippen molar-refractivity contribution in [3.63, 3.8) is 0 Å². The third kappa shape index (κ3) is 5.47. The van der Waals surface area contributed by atoms with Gasteiger partial charge in [0.05, 0.1) is 5.56 Å². The van der Waals surface area contributed by atoms with Gasteiger partial charge in [-0.15, -0.1) is 0 Å². The van der Waals surface area contributed by atoms with Crippen molar-refractivity contribution in [3.05, 3.63) is 212 Å². The average molecular weight is 826 g/mol. The van der Waals surface area contributed by atoms with E-state index < -0.39 is 0 Å². The molecule has 0 bridgehead atoms. The van der Waals surface area contributed by atoms with Crippen LogP contribution < -0.4 is 0 Å². The minimum atomic E-state index is 0.558. The third-order valence-electron chi connectivity index (χ3n) is 13.4. The van der Waals surface area contributed by atoms with E-state index in [1.807, 2.05) is 54.6 Å². The van der Waals surface area contributed by atoms with Crippen LogP contribution in [0.15, 0.2) is 217 Å². The zero-order valence-corrected chi connectivity index (χ0v) is 35.0. The van der Waals surface area contributed by atoms with Gasteiger partial charge in [0.2, 0.25) is 0 Å². The highest BCUT2D eigenvalue weighted by molar-refractivity contribution is 6.37. The summed E-state index contributed by atoms with van der Waals surface area (Å²) >= 11 is 0. The molecule has 14 aromatic rings. The molecule has 14 rings (SSSR count). The van der Waals surface area contributed by atoms with Crippen molar-refractivity contribution in [2.24, 2.45) is 0 Å². The molecule has 0 aliphatic rings. The van der Waals surface area contributed by atoms with Crippen LogP contribution in [0.1, 0.15) is 0 Å². The molecule has 0 N–H and O–H groups in total. The Bertz CT molecular complexity index is 4240. The van der Waals surface area contributed by atoms with Gasteiger partial charge in [0.1, 0.15) is 11.2 Å². The van der Waals surface area contributed by atoms with Gasteiger partial charge in [0.25, 0.3) is 0 Å². The SMILES string of the molecule is c1ccc(-c2nc(-c3ccccc3-c3cccc(-c4cc5ccc6cccc7c8cccc9ccc%10cccc(c(c4)c5c67)c%10c98)c3)nc(-c3cccc4c3oc3ccccc34)n2)cc1. The number of para-hydroxylation sites is 2. The van der Waals surface area contributed by atoms with Gasteiger partial charge in [-0.2, -0.15) is 0 Å². The molecule has 2 aromatic heterocycles. The summed E-state index contributed by atoms with van der Waals surface area (Å²) in [7, 11) is 0. The summed E-state index contributed by atoms with van der Waals surface area (Å²) in [5.41, 5.74) is 8.64. The van der Waals surface area contributed by atoms with Crippen molar-refractivity contribution >= 4 is 86.6 Å². The summed E-state index contributed by atoms with van der Waals surface area (Å²) in [6.07, 6.45) is 0. The minimum Gasteiger partial charge on any atom is -0.455 e. The van der Waals surface area contributed by atoms with E-state index in [9.17, 15) is 0 Å². The normalized spacial score (nSPS) is 12.0. The predicted molar refractivity (Wildman–Crippen MR) is 271 cm³/mol. The smallest absolute Gasteiger partial charge is 0.167 e. The van der Waals surface area contributed by atoms with E-state index in [1.54, 1.807) is 0 Å². The largest absolute Gasteiger partial charge is 0.455 e. The van der Waals surface area contributed by atoms with Crippen LogP contribution in [0.3, 0.4) is 0 Å². The van der Waals surface area contributed by atoms with Crippen molar-refractivity contribution in [1.82, 2.24) is 15.0 Å². The van der Waals surface area contributed by atoms with E-state index >= 15 is 0 Å². The van der Waals surface area contributed by atoms with E-state index in [4.69, 9.17) is 19.4 Å². The Hall–Kier alpha value is -8.73. The maximum atomic E-state index is 6.50. The monoisotopic (exact) mass is 825 g/mol. The van der Waals surface area contributed by atoms with Crippen LogP contribution in [0.2, 0.25) is 0 Å². The molecular weight excluding hydrogens is 791 g/mol. The van der Waals surface area contributed by atoms with Crippen LogP contribution in [-0.4, -0.2) is 15.0 Å². The summed E-state index contributed by atoms with van der Waals surface area (Å²) in [6, 6.07) is 76.0. The topological polar surface area (TPSA) is 51.8 Å². The molecule has 0 unspecified atom stereocenters. The van der Waals surface area contributed by atoms with Crippen LogP contribution >= 0.6 is 0 Å². The Kier molecular flexibility index (Phi) is 7.65. The minimum absolute atomic E-state index is 0.558. The van der Waals surface area contributed by atoms with Crippen molar-refractivity contribution in [2.45, 2.75) is 0 Å². The van der Waals surface area contributed by atoms with Crippen LogP contribution in [0.4, 0.5) is 0 Å². The third-order valence-corrected chi connectivity index (χ3v) is 13.4. The number of furan rings is 1. The predicted octanol–water partition coefficient (Wildman–Crippen LogP) is 16.5. The van der Waals surface area contributed by atoms with E-state index in [2.05, 4.69) is 158 Å². The summed E-state index contributed by atoms with van der Waals surface area (Å²) in [4.78, 5) is 15.6. The Morgan fingerprint density at radius 3 is 1.49 bits per heavy atom. The van der Waals surface area contributed by atoms with Crippen molar-refractivity contribution in [2.75, 3.05) is 0 Å². The number of hydrogen-bond acceptors (Lipinski definition) is 4. The fraction of sp³-hybridized carbons (Fsp3) is 0. The molecule has 0 amide bonds. The molecule has 65 heavy (non-hydrogen) atoms. The van der Waals surface area contributed by atoms with Gasteiger partial charge in [-0.3, -0.25) is 0 Å². The molecule has 0 aliphatic carbocycles. The van der Waals surface area contributed by atoms with Crippen LogP contribution in [-0.2, 0) is 0 Å². The second-order valence-electron chi connectivity index (χ2n) is 17.0. The standard InChI is InChI=1S/C61H35N3O/c1-2-13-39(14-3-1)59-62-60(64-61(63-59)51-27-12-26-49-45-21-6-7-28-53(45)65-58(49)51)50-22-5-4-20-44(50)41-19-8-18-40(33-41)43-34-42-32-31-38-16-10-24-47-46-23-9-15-36-29-30-37-17-11-25-48(56(37)54(36)46)52(35-43)57(42)55(38)47/h1-35H.